The first-order valence-electron chi connectivity index (χ1n) is 7.52. The molecular formula is C17H21N3O. The number of benzene rings is 1. The van der Waals surface area contributed by atoms with Gasteiger partial charge >= 0.3 is 0 Å². The fourth-order valence-electron chi connectivity index (χ4n) is 2.33. The summed E-state index contributed by atoms with van der Waals surface area (Å²) in [7, 11) is 0. The van der Waals surface area contributed by atoms with E-state index in [4.69, 9.17) is 0 Å². The minimum atomic E-state index is -0.0712. The van der Waals surface area contributed by atoms with Crippen LogP contribution in [0.1, 0.15) is 54.4 Å². The highest BCUT2D eigenvalue weighted by molar-refractivity contribution is 5.92. The summed E-state index contributed by atoms with van der Waals surface area (Å²) in [4.78, 5) is 12.0. The largest absolute Gasteiger partial charge is 0.348 e. The molecule has 2 aromatic rings. The van der Waals surface area contributed by atoms with E-state index in [1.54, 1.807) is 0 Å². The van der Waals surface area contributed by atoms with E-state index in [0.29, 0.717) is 17.7 Å². The highest BCUT2D eigenvalue weighted by Crippen LogP contribution is 2.20. The third-order valence-electron chi connectivity index (χ3n) is 3.84. The van der Waals surface area contributed by atoms with E-state index in [1.807, 2.05) is 17.7 Å². The first-order chi connectivity index (χ1) is 10.0. The van der Waals surface area contributed by atoms with E-state index < -0.39 is 0 Å². The fourth-order valence-corrected chi connectivity index (χ4v) is 2.33. The van der Waals surface area contributed by atoms with Crippen molar-refractivity contribution >= 4 is 5.91 Å². The maximum absolute atomic E-state index is 12.0. The zero-order valence-electron chi connectivity index (χ0n) is 12.8. The molecule has 0 atom stereocenters. The van der Waals surface area contributed by atoms with Crippen LogP contribution in [0.4, 0.5) is 0 Å². The molecule has 1 N–H and O–H groups in total. The molecule has 1 amide bonds. The van der Waals surface area contributed by atoms with Crippen molar-refractivity contribution in [3.63, 3.8) is 0 Å². The van der Waals surface area contributed by atoms with Crippen LogP contribution in [0.2, 0.25) is 0 Å². The quantitative estimate of drug-likeness (QED) is 0.936. The van der Waals surface area contributed by atoms with E-state index in [9.17, 15) is 4.79 Å². The lowest BCUT2D eigenvalue weighted by molar-refractivity contribution is 0.0945. The SMILES string of the molecule is Cc1cc(C(=O)NC2CC2)nn1-c1ccc(C(C)C)cc1. The Labute approximate surface area is 125 Å². The van der Waals surface area contributed by atoms with Crippen molar-refractivity contribution in [1.29, 1.82) is 0 Å². The smallest absolute Gasteiger partial charge is 0.272 e. The molecule has 1 aliphatic carbocycles. The highest BCUT2D eigenvalue weighted by Gasteiger charge is 2.25. The summed E-state index contributed by atoms with van der Waals surface area (Å²) in [6.07, 6.45) is 2.17. The first kappa shape index (κ1) is 13.9. The van der Waals surface area contributed by atoms with Gasteiger partial charge in [0.2, 0.25) is 0 Å². The molecular weight excluding hydrogens is 262 g/mol. The number of carbonyl (C=O) groups excluding carboxylic acids is 1. The Morgan fingerprint density at radius 1 is 1.29 bits per heavy atom. The van der Waals surface area contributed by atoms with Crippen molar-refractivity contribution < 1.29 is 4.79 Å². The number of hydrogen-bond acceptors (Lipinski definition) is 2. The fraction of sp³-hybridized carbons (Fsp3) is 0.412. The van der Waals surface area contributed by atoms with Gasteiger partial charge < -0.3 is 5.32 Å². The summed E-state index contributed by atoms with van der Waals surface area (Å²) in [6.45, 7) is 6.32. The van der Waals surface area contributed by atoms with Crippen LogP contribution in [0, 0.1) is 6.92 Å². The second kappa shape index (κ2) is 5.35. The van der Waals surface area contributed by atoms with Crippen molar-refractivity contribution in [1.82, 2.24) is 15.1 Å². The molecule has 0 radical (unpaired) electrons. The lowest BCUT2D eigenvalue weighted by Gasteiger charge is -2.08. The summed E-state index contributed by atoms with van der Waals surface area (Å²) < 4.78 is 1.83. The van der Waals surface area contributed by atoms with Gasteiger partial charge in [-0.3, -0.25) is 4.79 Å². The molecule has 1 saturated carbocycles. The molecule has 0 spiro atoms. The standard InChI is InChI=1S/C17H21N3O/c1-11(2)13-4-8-15(9-5-13)20-12(3)10-16(19-20)17(21)18-14-6-7-14/h4-5,8-11,14H,6-7H2,1-3H3,(H,18,21). The van der Waals surface area contributed by atoms with Gasteiger partial charge in [-0.25, -0.2) is 4.68 Å². The molecule has 1 aromatic carbocycles. The van der Waals surface area contributed by atoms with Gasteiger partial charge in [-0.15, -0.1) is 0 Å². The average Bonchev–Trinajstić information content (AvgIpc) is 3.19. The number of amides is 1. The number of carbonyl (C=O) groups is 1. The Morgan fingerprint density at radius 3 is 2.52 bits per heavy atom. The number of aromatic nitrogens is 2. The van der Waals surface area contributed by atoms with Crippen LogP contribution in [-0.2, 0) is 0 Å². The molecule has 3 rings (SSSR count). The molecule has 1 aromatic heterocycles. The van der Waals surface area contributed by atoms with E-state index in [-0.39, 0.29) is 5.91 Å². The molecule has 0 saturated heterocycles. The predicted octanol–water partition coefficient (Wildman–Crippen LogP) is 3.20. The third-order valence-corrected chi connectivity index (χ3v) is 3.84. The van der Waals surface area contributed by atoms with Crippen molar-refractivity contribution in [3.05, 3.63) is 47.3 Å². The maximum Gasteiger partial charge on any atom is 0.272 e. The average molecular weight is 283 g/mol. The van der Waals surface area contributed by atoms with Crippen molar-refractivity contribution in [3.8, 4) is 5.69 Å². The minimum Gasteiger partial charge on any atom is -0.348 e. The van der Waals surface area contributed by atoms with Crippen LogP contribution in [0.3, 0.4) is 0 Å². The third kappa shape index (κ3) is 2.99. The molecule has 4 nitrogen and oxygen atoms in total. The van der Waals surface area contributed by atoms with Crippen molar-refractivity contribution in [2.75, 3.05) is 0 Å². The second-order valence-electron chi connectivity index (χ2n) is 6.08. The zero-order chi connectivity index (χ0) is 15.0. The number of aryl methyl sites for hydroxylation is 1. The van der Waals surface area contributed by atoms with Gasteiger partial charge in [-0.1, -0.05) is 26.0 Å². The molecule has 4 heteroatoms. The van der Waals surface area contributed by atoms with Crippen LogP contribution in [0.5, 0.6) is 0 Å². The summed E-state index contributed by atoms with van der Waals surface area (Å²) in [5.74, 6) is 0.441. The zero-order valence-corrected chi connectivity index (χ0v) is 12.8. The molecule has 110 valence electrons. The Morgan fingerprint density at radius 2 is 1.95 bits per heavy atom. The first-order valence-corrected chi connectivity index (χ1v) is 7.52. The van der Waals surface area contributed by atoms with Gasteiger partial charge in [0.25, 0.3) is 5.91 Å². The van der Waals surface area contributed by atoms with Gasteiger partial charge in [0.05, 0.1) is 5.69 Å². The van der Waals surface area contributed by atoms with E-state index in [0.717, 1.165) is 24.2 Å². The lowest BCUT2D eigenvalue weighted by atomic mass is 10.0. The van der Waals surface area contributed by atoms with Crippen LogP contribution < -0.4 is 5.32 Å². The van der Waals surface area contributed by atoms with Gasteiger partial charge in [0, 0.05) is 11.7 Å². The number of nitrogens with zero attached hydrogens (tertiary/aromatic N) is 2. The normalized spacial score (nSPS) is 14.5. The molecule has 0 unspecified atom stereocenters. The Hall–Kier alpha value is -2.10. The van der Waals surface area contributed by atoms with Gasteiger partial charge in [-0.05, 0) is 49.4 Å². The summed E-state index contributed by atoms with van der Waals surface area (Å²) in [5, 5.41) is 7.41. The van der Waals surface area contributed by atoms with Crippen LogP contribution in [0.15, 0.2) is 30.3 Å². The predicted molar refractivity (Wildman–Crippen MR) is 82.9 cm³/mol. The topological polar surface area (TPSA) is 46.9 Å². The van der Waals surface area contributed by atoms with E-state index in [2.05, 4.69) is 48.5 Å². The Bertz CT molecular complexity index is 651. The van der Waals surface area contributed by atoms with Gasteiger partial charge in [0.1, 0.15) is 0 Å². The van der Waals surface area contributed by atoms with Gasteiger partial charge in [-0.2, -0.15) is 5.10 Å². The van der Waals surface area contributed by atoms with Crippen LogP contribution in [0.25, 0.3) is 5.69 Å². The van der Waals surface area contributed by atoms with Crippen LogP contribution >= 0.6 is 0 Å². The maximum atomic E-state index is 12.0. The number of rotatable bonds is 4. The number of nitrogens with one attached hydrogen (secondary N) is 1. The Kier molecular flexibility index (Phi) is 3.53. The van der Waals surface area contributed by atoms with Gasteiger partial charge in [0.15, 0.2) is 5.69 Å². The molecule has 21 heavy (non-hydrogen) atoms. The van der Waals surface area contributed by atoms with Crippen LogP contribution in [-0.4, -0.2) is 21.7 Å². The monoisotopic (exact) mass is 283 g/mol. The van der Waals surface area contributed by atoms with Crippen molar-refractivity contribution in [2.24, 2.45) is 0 Å². The Balaban J connectivity index is 1.84. The molecule has 0 bridgehead atoms. The summed E-state index contributed by atoms with van der Waals surface area (Å²) in [5.41, 5.74) is 3.75. The highest BCUT2D eigenvalue weighted by atomic mass is 16.2. The summed E-state index contributed by atoms with van der Waals surface area (Å²) >= 11 is 0. The van der Waals surface area contributed by atoms with E-state index in [1.165, 1.54) is 5.56 Å². The lowest BCUT2D eigenvalue weighted by Crippen LogP contribution is -2.25. The van der Waals surface area contributed by atoms with E-state index >= 15 is 0 Å². The minimum absolute atomic E-state index is 0.0712. The summed E-state index contributed by atoms with van der Waals surface area (Å²) in [6, 6.07) is 10.5. The molecule has 0 aliphatic heterocycles. The van der Waals surface area contributed by atoms with Crippen molar-refractivity contribution in [2.45, 2.75) is 45.6 Å². The molecule has 1 aliphatic rings. The molecule has 1 fully saturated rings. The number of hydrogen-bond donors (Lipinski definition) is 1. The molecule has 1 heterocycles. The second-order valence-corrected chi connectivity index (χ2v) is 6.08.